The van der Waals surface area contributed by atoms with E-state index in [0.29, 0.717) is 9.85 Å². The Kier molecular flexibility index (Phi) is 5.24. The van der Waals surface area contributed by atoms with Crippen molar-refractivity contribution >= 4 is 43.2 Å². The molecule has 2 aromatic rings. The largest absolute Gasteiger partial charge is 0.336 e. The molecule has 0 atom stereocenters. The van der Waals surface area contributed by atoms with E-state index in [-0.39, 0.29) is 36.0 Å². The molecular weight excluding hydrogens is 438 g/mol. The summed E-state index contributed by atoms with van der Waals surface area (Å²) in [6.45, 7) is 0.564. The lowest BCUT2D eigenvalue weighted by Gasteiger charge is -2.33. The predicted molar refractivity (Wildman–Crippen MR) is 93.0 cm³/mol. The highest BCUT2D eigenvalue weighted by Crippen LogP contribution is 2.29. The summed E-state index contributed by atoms with van der Waals surface area (Å²) in [7, 11) is -3.60. The minimum atomic E-state index is -3.60. The molecular formula is C15H13BrF2N2O3S2. The molecule has 0 N–H and O–H groups in total. The summed E-state index contributed by atoms with van der Waals surface area (Å²) in [5, 5.41) is 0. The van der Waals surface area contributed by atoms with E-state index >= 15 is 0 Å². The molecule has 1 aliphatic rings. The number of amides is 1. The zero-order valence-electron chi connectivity index (χ0n) is 12.8. The Bertz CT molecular complexity index is 889. The Morgan fingerprint density at radius 2 is 1.64 bits per heavy atom. The maximum Gasteiger partial charge on any atom is 0.254 e. The topological polar surface area (TPSA) is 57.7 Å². The second kappa shape index (κ2) is 7.10. The first-order chi connectivity index (χ1) is 11.8. The second-order valence-electron chi connectivity index (χ2n) is 5.41. The number of nitrogens with zero attached hydrogens (tertiary/aromatic N) is 2. The minimum Gasteiger partial charge on any atom is -0.336 e. The van der Waals surface area contributed by atoms with Gasteiger partial charge in [0.1, 0.15) is 15.8 Å². The lowest BCUT2D eigenvalue weighted by molar-refractivity contribution is 0.0697. The van der Waals surface area contributed by atoms with E-state index < -0.39 is 27.6 Å². The summed E-state index contributed by atoms with van der Waals surface area (Å²) in [6.07, 6.45) is 0. The van der Waals surface area contributed by atoms with E-state index in [1.165, 1.54) is 15.3 Å². The van der Waals surface area contributed by atoms with Gasteiger partial charge in [-0.1, -0.05) is 0 Å². The molecule has 0 radical (unpaired) electrons. The quantitative estimate of drug-likeness (QED) is 0.722. The van der Waals surface area contributed by atoms with Crippen LogP contribution in [0.25, 0.3) is 0 Å². The molecule has 25 heavy (non-hydrogen) atoms. The van der Waals surface area contributed by atoms with E-state index in [9.17, 15) is 22.0 Å². The molecule has 5 nitrogen and oxygen atoms in total. The van der Waals surface area contributed by atoms with Crippen LogP contribution in [0.3, 0.4) is 0 Å². The third-order valence-corrected chi connectivity index (χ3v) is 7.77. The number of piperazine rings is 1. The van der Waals surface area contributed by atoms with Gasteiger partial charge in [0.05, 0.1) is 3.79 Å². The molecule has 10 heteroatoms. The van der Waals surface area contributed by atoms with Gasteiger partial charge in [0.2, 0.25) is 0 Å². The van der Waals surface area contributed by atoms with Crippen LogP contribution >= 0.6 is 27.3 Å². The molecule has 1 aromatic heterocycles. The zero-order valence-corrected chi connectivity index (χ0v) is 16.0. The van der Waals surface area contributed by atoms with Crippen LogP contribution in [0.5, 0.6) is 0 Å². The van der Waals surface area contributed by atoms with Crippen molar-refractivity contribution in [3.63, 3.8) is 0 Å². The van der Waals surface area contributed by atoms with Gasteiger partial charge in [0.25, 0.3) is 15.9 Å². The van der Waals surface area contributed by atoms with Crippen molar-refractivity contribution in [3.8, 4) is 0 Å². The van der Waals surface area contributed by atoms with Crippen molar-refractivity contribution in [2.75, 3.05) is 26.2 Å². The maximum atomic E-state index is 13.3. The summed E-state index contributed by atoms with van der Waals surface area (Å²) in [5.41, 5.74) is -0.0870. The van der Waals surface area contributed by atoms with Crippen molar-refractivity contribution in [1.29, 1.82) is 0 Å². The van der Waals surface area contributed by atoms with Gasteiger partial charge in [-0.25, -0.2) is 17.2 Å². The number of hydrogen-bond donors (Lipinski definition) is 0. The van der Waals surface area contributed by atoms with Gasteiger partial charge in [-0.3, -0.25) is 4.79 Å². The molecule has 1 aromatic carbocycles. The highest BCUT2D eigenvalue weighted by molar-refractivity contribution is 9.11. The summed E-state index contributed by atoms with van der Waals surface area (Å²) in [6, 6.07) is 5.82. The number of halogens is 3. The molecule has 0 aliphatic carbocycles. The van der Waals surface area contributed by atoms with Gasteiger partial charge >= 0.3 is 0 Å². The number of sulfonamides is 1. The van der Waals surface area contributed by atoms with Gasteiger partial charge in [0, 0.05) is 37.8 Å². The van der Waals surface area contributed by atoms with Crippen molar-refractivity contribution in [2.24, 2.45) is 0 Å². The summed E-state index contributed by atoms with van der Waals surface area (Å²) < 4.78 is 53.9. The van der Waals surface area contributed by atoms with Crippen LogP contribution in [0.2, 0.25) is 0 Å². The first kappa shape index (κ1) is 18.4. The van der Waals surface area contributed by atoms with E-state index in [1.54, 1.807) is 6.07 Å². The predicted octanol–water partition coefficient (Wildman–Crippen LogP) is 2.94. The van der Waals surface area contributed by atoms with Gasteiger partial charge in [-0.2, -0.15) is 4.31 Å². The van der Waals surface area contributed by atoms with E-state index in [4.69, 9.17) is 0 Å². The maximum absolute atomic E-state index is 13.3. The Morgan fingerprint density at radius 3 is 2.16 bits per heavy atom. The molecule has 0 bridgehead atoms. The van der Waals surface area contributed by atoms with Gasteiger partial charge in [0.15, 0.2) is 0 Å². The Morgan fingerprint density at radius 1 is 1.04 bits per heavy atom. The first-order valence-corrected chi connectivity index (χ1v) is 10.3. The van der Waals surface area contributed by atoms with Crippen LogP contribution in [0, 0.1) is 11.6 Å². The molecule has 1 saturated heterocycles. The normalized spacial score (nSPS) is 16.2. The van der Waals surface area contributed by atoms with Crippen LogP contribution in [0.4, 0.5) is 8.78 Å². The second-order valence-corrected chi connectivity index (χ2v) is 10.0. The highest BCUT2D eigenvalue weighted by Gasteiger charge is 2.31. The molecule has 1 fully saturated rings. The molecule has 2 heterocycles. The van der Waals surface area contributed by atoms with E-state index in [1.807, 2.05) is 0 Å². The molecule has 0 unspecified atom stereocenters. The standard InChI is InChI=1S/C15H13BrF2N2O3S2/c16-13-1-2-14(24-13)25(22,23)20-5-3-19(4-6-20)15(21)10-7-11(17)9-12(18)8-10/h1-2,7-9H,3-6H2. The number of thiophene rings is 1. The number of rotatable bonds is 3. The third-order valence-electron chi connectivity index (χ3n) is 3.78. The van der Waals surface area contributed by atoms with Crippen LogP contribution in [0.15, 0.2) is 38.3 Å². The molecule has 0 spiro atoms. The Labute approximate surface area is 156 Å². The van der Waals surface area contributed by atoms with Crippen LogP contribution in [-0.2, 0) is 10.0 Å². The Hall–Kier alpha value is -1.36. The fourth-order valence-corrected chi connectivity index (χ4v) is 6.14. The number of hydrogen-bond acceptors (Lipinski definition) is 4. The number of benzene rings is 1. The zero-order chi connectivity index (χ0) is 18.2. The summed E-state index contributed by atoms with van der Waals surface area (Å²) in [5.74, 6) is -2.17. The molecule has 3 rings (SSSR count). The summed E-state index contributed by atoms with van der Waals surface area (Å²) in [4.78, 5) is 13.7. The van der Waals surface area contributed by atoms with Crippen molar-refractivity contribution < 1.29 is 22.0 Å². The highest BCUT2D eigenvalue weighted by atomic mass is 79.9. The number of carbonyl (C=O) groups excluding carboxylic acids is 1. The van der Waals surface area contributed by atoms with E-state index in [2.05, 4.69) is 15.9 Å². The van der Waals surface area contributed by atoms with Crippen molar-refractivity contribution in [1.82, 2.24) is 9.21 Å². The molecule has 1 amide bonds. The van der Waals surface area contributed by atoms with Crippen molar-refractivity contribution in [2.45, 2.75) is 4.21 Å². The van der Waals surface area contributed by atoms with Crippen LogP contribution < -0.4 is 0 Å². The fourth-order valence-electron chi connectivity index (χ4n) is 2.56. The van der Waals surface area contributed by atoms with Crippen LogP contribution in [-0.4, -0.2) is 49.7 Å². The lowest BCUT2D eigenvalue weighted by atomic mass is 10.1. The lowest BCUT2D eigenvalue weighted by Crippen LogP contribution is -2.50. The van der Waals surface area contributed by atoms with Gasteiger partial charge in [-0.05, 0) is 40.2 Å². The monoisotopic (exact) mass is 450 g/mol. The Balaban J connectivity index is 1.70. The average Bonchev–Trinajstić information content (AvgIpc) is 3.01. The smallest absolute Gasteiger partial charge is 0.254 e. The summed E-state index contributed by atoms with van der Waals surface area (Å²) >= 11 is 4.35. The van der Waals surface area contributed by atoms with E-state index in [0.717, 1.165) is 23.5 Å². The van der Waals surface area contributed by atoms with Crippen LogP contribution in [0.1, 0.15) is 10.4 Å². The fraction of sp³-hybridized carbons (Fsp3) is 0.267. The van der Waals surface area contributed by atoms with Gasteiger partial charge < -0.3 is 4.90 Å². The molecule has 0 saturated carbocycles. The number of carbonyl (C=O) groups is 1. The first-order valence-electron chi connectivity index (χ1n) is 7.28. The SMILES string of the molecule is O=C(c1cc(F)cc(F)c1)N1CCN(S(=O)(=O)c2ccc(Br)s2)CC1. The third kappa shape index (κ3) is 3.91. The van der Waals surface area contributed by atoms with Crippen molar-refractivity contribution in [3.05, 3.63) is 51.3 Å². The average molecular weight is 451 g/mol. The van der Waals surface area contributed by atoms with Gasteiger partial charge in [-0.15, -0.1) is 11.3 Å². The molecule has 1 aliphatic heterocycles. The molecule has 134 valence electrons. The minimum absolute atomic E-state index is 0.0870.